The van der Waals surface area contributed by atoms with Crippen molar-refractivity contribution in [3.05, 3.63) is 35.4 Å². The number of rotatable bonds is 12. The van der Waals surface area contributed by atoms with Gasteiger partial charge < -0.3 is 5.73 Å². The number of carbonyl (C=O) groups excluding carboxylic acids is 2. The molecular formula is C22H32N2O3. The molecule has 0 saturated carbocycles. The topological polar surface area (TPSA) is 72.6 Å². The first-order valence-corrected chi connectivity index (χ1v) is 9.84. The van der Waals surface area contributed by atoms with Crippen LogP contribution in [0.4, 0.5) is 0 Å². The molecule has 27 heavy (non-hydrogen) atoms. The van der Waals surface area contributed by atoms with Crippen molar-refractivity contribution in [2.24, 2.45) is 5.73 Å². The molecule has 0 heterocycles. The molecule has 0 fully saturated rings. The molecule has 1 atom stereocenters. The van der Waals surface area contributed by atoms with E-state index in [0.717, 1.165) is 24.3 Å². The highest BCUT2D eigenvalue weighted by atomic mass is 16.7. The van der Waals surface area contributed by atoms with Crippen molar-refractivity contribution in [3.63, 3.8) is 0 Å². The number of benzene rings is 1. The fraction of sp³-hybridized carbons (Fsp3) is 0.545. The predicted octanol–water partition coefficient (Wildman–Crippen LogP) is 4.06. The number of nitrogens with zero attached hydrogens (tertiary/aromatic N) is 1. The number of hydroxylamine groups is 2. The van der Waals surface area contributed by atoms with E-state index in [1.807, 2.05) is 0 Å². The lowest BCUT2D eigenvalue weighted by Crippen LogP contribution is -2.45. The van der Waals surface area contributed by atoms with Crippen LogP contribution in [-0.2, 0) is 9.63 Å². The molecule has 0 spiro atoms. The molecule has 148 valence electrons. The summed E-state index contributed by atoms with van der Waals surface area (Å²) in [4.78, 5) is 30.4. The maximum absolute atomic E-state index is 12.6. The minimum atomic E-state index is -0.822. The highest BCUT2D eigenvalue weighted by molar-refractivity contribution is 6.04. The second-order valence-corrected chi connectivity index (χ2v) is 6.76. The fourth-order valence-corrected chi connectivity index (χ4v) is 2.63. The van der Waals surface area contributed by atoms with Crippen LogP contribution in [0.15, 0.2) is 24.3 Å². The standard InChI is InChI=1S/C22H32N2O3/c1-4-6-7-8-9-10-11-12-17-27-24(21(25)18(3)23)22(26)20-15-13-19(5-2)14-16-20/h2,13-16,18H,4,6-12,17,23H2,1,3H3/t18-/m0/s1. The van der Waals surface area contributed by atoms with Gasteiger partial charge in [-0.25, -0.2) is 0 Å². The zero-order valence-electron chi connectivity index (χ0n) is 16.6. The van der Waals surface area contributed by atoms with E-state index in [1.165, 1.54) is 39.0 Å². The van der Waals surface area contributed by atoms with Crippen LogP contribution in [0, 0.1) is 12.3 Å². The Morgan fingerprint density at radius 2 is 1.63 bits per heavy atom. The Kier molecular flexibility index (Phi) is 11.1. The highest BCUT2D eigenvalue weighted by Gasteiger charge is 2.26. The Bertz CT molecular complexity index is 617. The van der Waals surface area contributed by atoms with Gasteiger partial charge in [-0.05, 0) is 37.6 Å². The Hall–Kier alpha value is -2.16. The summed E-state index contributed by atoms with van der Waals surface area (Å²) < 4.78 is 0. The number of carbonyl (C=O) groups is 2. The Labute approximate surface area is 163 Å². The first kappa shape index (κ1) is 22.9. The van der Waals surface area contributed by atoms with Crippen molar-refractivity contribution >= 4 is 11.8 Å². The highest BCUT2D eigenvalue weighted by Crippen LogP contribution is 2.12. The van der Waals surface area contributed by atoms with Crippen molar-refractivity contribution < 1.29 is 14.4 Å². The number of imide groups is 1. The molecule has 2 amide bonds. The SMILES string of the molecule is C#Cc1ccc(C(=O)N(OCCCCCCCCCC)C(=O)[C@H](C)N)cc1. The van der Waals surface area contributed by atoms with Crippen molar-refractivity contribution in [1.29, 1.82) is 0 Å². The summed E-state index contributed by atoms with van der Waals surface area (Å²) in [6.45, 7) is 4.04. The molecule has 0 aromatic heterocycles. The molecule has 2 N–H and O–H groups in total. The van der Waals surface area contributed by atoms with Crippen molar-refractivity contribution in [3.8, 4) is 12.3 Å². The Morgan fingerprint density at radius 3 is 2.15 bits per heavy atom. The average Bonchev–Trinajstić information content (AvgIpc) is 2.68. The van der Waals surface area contributed by atoms with Gasteiger partial charge in [-0.1, -0.05) is 57.8 Å². The Balaban J connectivity index is 2.51. The van der Waals surface area contributed by atoms with Crippen LogP contribution in [0.1, 0.15) is 81.1 Å². The van der Waals surface area contributed by atoms with Crippen molar-refractivity contribution in [1.82, 2.24) is 5.06 Å². The van der Waals surface area contributed by atoms with E-state index in [2.05, 4.69) is 12.8 Å². The lowest BCUT2D eigenvalue weighted by atomic mass is 10.1. The van der Waals surface area contributed by atoms with Gasteiger partial charge in [0.2, 0.25) is 0 Å². The summed E-state index contributed by atoms with van der Waals surface area (Å²) in [5.74, 6) is 1.41. The van der Waals surface area contributed by atoms with Crippen LogP contribution in [0.2, 0.25) is 0 Å². The number of unbranched alkanes of at least 4 members (excludes halogenated alkanes) is 7. The van der Waals surface area contributed by atoms with Crippen LogP contribution in [-0.4, -0.2) is 29.5 Å². The summed E-state index contributed by atoms with van der Waals surface area (Å²) in [6.07, 6.45) is 14.6. The monoisotopic (exact) mass is 372 g/mol. The minimum absolute atomic E-state index is 0.307. The normalized spacial score (nSPS) is 11.6. The van der Waals surface area contributed by atoms with Crippen LogP contribution < -0.4 is 5.73 Å². The number of amides is 2. The fourth-order valence-electron chi connectivity index (χ4n) is 2.63. The van der Waals surface area contributed by atoms with Crippen LogP contribution in [0.5, 0.6) is 0 Å². The lowest BCUT2D eigenvalue weighted by Gasteiger charge is -2.21. The van der Waals surface area contributed by atoms with Gasteiger partial charge in [0.1, 0.15) is 0 Å². The molecule has 5 heteroatoms. The smallest absolute Gasteiger partial charge is 0.284 e. The molecule has 0 bridgehead atoms. The Morgan fingerprint density at radius 1 is 1.07 bits per heavy atom. The van der Waals surface area contributed by atoms with E-state index in [9.17, 15) is 9.59 Å². The van der Waals surface area contributed by atoms with Gasteiger partial charge in [-0.3, -0.25) is 14.4 Å². The molecule has 0 aliphatic carbocycles. The van der Waals surface area contributed by atoms with Gasteiger partial charge in [0.05, 0.1) is 12.6 Å². The van der Waals surface area contributed by atoms with E-state index >= 15 is 0 Å². The summed E-state index contributed by atoms with van der Waals surface area (Å²) in [5, 5.41) is 0.788. The predicted molar refractivity (Wildman–Crippen MR) is 108 cm³/mol. The van der Waals surface area contributed by atoms with Gasteiger partial charge >= 0.3 is 0 Å². The lowest BCUT2D eigenvalue weighted by molar-refractivity contribution is -0.171. The number of hydrogen-bond acceptors (Lipinski definition) is 4. The van der Waals surface area contributed by atoms with Crippen molar-refractivity contribution in [2.75, 3.05) is 6.61 Å². The van der Waals surface area contributed by atoms with Crippen LogP contribution in [0.3, 0.4) is 0 Å². The van der Waals surface area contributed by atoms with Gasteiger partial charge in [-0.15, -0.1) is 11.5 Å². The van der Waals surface area contributed by atoms with Crippen molar-refractivity contribution in [2.45, 2.75) is 71.3 Å². The second kappa shape index (κ2) is 13.1. The van der Waals surface area contributed by atoms with Crippen LogP contribution in [0.25, 0.3) is 0 Å². The van der Waals surface area contributed by atoms with Gasteiger partial charge in [0, 0.05) is 11.1 Å². The maximum atomic E-state index is 12.6. The first-order chi connectivity index (χ1) is 13.0. The van der Waals surface area contributed by atoms with E-state index in [1.54, 1.807) is 24.3 Å². The summed E-state index contributed by atoms with van der Waals surface area (Å²) in [6, 6.07) is 5.65. The van der Waals surface area contributed by atoms with Gasteiger partial charge in [-0.2, -0.15) is 0 Å². The summed E-state index contributed by atoms with van der Waals surface area (Å²) in [5.41, 5.74) is 6.65. The summed E-state index contributed by atoms with van der Waals surface area (Å²) in [7, 11) is 0. The third-order valence-corrected chi connectivity index (χ3v) is 4.29. The van der Waals surface area contributed by atoms with Gasteiger partial charge in [0.25, 0.3) is 11.8 Å². The molecule has 5 nitrogen and oxygen atoms in total. The molecule has 1 aromatic rings. The molecule has 0 aliphatic rings. The molecule has 0 unspecified atom stereocenters. The third-order valence-electron chi connectivity index (χ3n) is 4.29. The minimum Gasteiger partial charge on any atom is -0.320 e. The van der Waals surface area contributed by atoms with Crippen LogP contribution >= 0.6 is 0 Å². The van der Waals surface area contributed by atoms with E-state index < -0.39 is 17.9 Å². The third kappa shape index (κ3) is 8.38. The number of terminal acetylenes is 1. The van der Waals surface area contributed by atoms with E-state index in [-0.39, 0.29) is 0 Å². The van der Waals surface area contributed by atoms with Gasteiger partial charge in [0.15, 0.2) is 0 Å². The van der Waals surface area contributed by atoms with E-state index in [4.69, 9.17) is 17.0 Å². The molecule has 0 aliphatic heterocycles. The first-order valence-electron chi connectivity index (χ1n) is 9.84. The largest absolute Gasteiger partial charge is 0.320 e. The molecule has 1 rings (SSSR count). The number of nitrogens with two attached hydrogens (primary N) is 1. The zero-order chi connectivity index (χ0) is 20.1. The molecule has 1 aromatic carbocycles. The average molecular weight is 373 g/mol. The second-order valence-electron chi connectivity index (χ2n) is 6.76. The quantitative estimate of drug-likeness (QED) is 0.341. The zero-order valence-corrected chi connectivity index (χ0v) is 16.6. The molecule has 0 saturated heterocycles. The molecule has 0 radical (unpaired) electrons. The number of hydrogen-bond donors (Lipinski definition) is 1. The van der Waals surface area contributed by atoms with E-state index in [0.29, 0.717) is 17.7 Å². The molecular weight excluding hydrogens is 340 g/mol. The maximum Gasteiger partial charge on any atom is 0.284 e. The summed E-state index contributed by atoms with van der Waals surface area (Å²) >= 11 is 0.